The lowest BCUT2D eigenvalue weighted by Crippen LogP contribution is -2.16. The summed E-state index contributed by atoms with van der Waals surface area (Å²) in [4.78, 5) is 12.6. The smallest absolute Gasteiger partial charge is 0.258 e. The number of halogens is 1. The third-order valence-electron chi connectivity index (χ3n) is 3.86. The van der Waals surface area contributed by atoms with E-state index in [2.05, 4.69) is 25.9 Å². The first-order valence-corrected chi connectivity index (χ1v) is 7.78. The van der Waals surface area contributed by atoms with Crippen molar-refractivity contribution < 1.29 is 9.18 Å². The molecule has 0 atom stereocenters. The molecule has 0 aliphatic carbocycles. The zero-order valence-electron chi connectivity index (χ0n) is 14.4. The lowest BCUT2D eigenvalue weighted by molar-refractivity contribution is 0.102. The number of tetrazole rings is 1. The van der Waals surface area contributed by atoms with E-state index in [0.717, 1.165) is 5.69 Å². The van der Waals surface area contributed by atoms with Gasteiger partial charge in [-0.1, -0.05) is 0 Å². The van der Waals surface area contributed by atoms with Gasteiger partial charge < -0.3 is 5.32 Å². The predicted octanol–water partition coefficient (Wildman–Crippen LogP) is 2.45. The van der Waals surface area contributed by atoms with Crippen molar-refractivity contribution >= 4 is 11.6 Å². The molecule has 0 aliphatic rings. The van der Waals surface area contributed by atoms with Gasteiger partial charge in [-0.2, -0.15) is 5.10 Å². The van der Waals surface area contributed by atoms with Crippen molar-refractivity contribution in [3.63, 3.8) is 0 Å². The highest BCUT2D eigenvalue weighted by atomic mass is 19.1. The lowest BCUT2D eigenvalue weighted by atomic mass is 10.1. The van der Waals surface area contributed by atoms with Gasteiger partial charge in [-0.05, 0) is 56.3 Å². The Morgan fingerprint density at radius 2 is 2.04 bits per heavy atom. The Hall–Kier alpha value is -3.10. The minimum absolute atomic E-state index is 0.0934. The maximum atomic E-state index is 14.2. The number of nitrogens with one attached hydrogen (secondary N) is 1. The summed E-state index contributed by atoms with van der Waals surface area (Å²) in [5.41, 5.74) is 2.48. The highest BCUT2D eigenvalue weighted by Crippen LogP contribution is 2.24. The first-order valence-electron chi connectivity index (χ1n) is 7.78. The second kappa shape index (κ2) is 6.42. The number of benzene rings is 1. The summed E-state index contributed by atoms with van der Waals surface area (Å²) in [6.07, 6.45) is 1.37. The number of hydrogen-bond acceptors (Lipinski definition) is 5. The van der Waals surface area contributed by atoms with E-state index in [0.29, 0.717) is 17.1 Å². The molecule has 0 radical (unpaired) electrons. The van der Waals surface area contributed by atoms with Crippen LogP contribution in [0.1, 0.15) is 41.6 Å². The fourth-order valence-corrected chi connectivity index (χ4v) is 2.64. The maximum absolute atomic E-state index is 14.2. The summed E-state index contributed by atoms with van der Waals surface area (Å²) in [6, 6.07) is 4.27. The highest BCUT2D eigenvalue weighted by molar-refractivity contribution is 6.05. The molecule has 8 nitrogen and oxygen atoms in total. The molecule has 3 rings (SSSR count). The fraction of sp³-hybridized carbons (Fsp3) is 0.312. The van der Waals surface area contributed by atoms with Gasteiger partial charge in [-0.3, -0.25) is 9.48 Å². The summed E-state index contributed by atoms with van der Waals surface area (Å²) >= 11 is 0. The Balaban J connectivity index is 1.93. The van der Waals surface area contributed by atoms with E-state index in [1.807, 2.05) is 25.5 Å². The maximum Gasteiger partial charge on any atom is 0.258 e. The van der Waals surface area contributed by atoms with Gasteiger partial charge in [-0.15, -0.1) is 5.10 Å². The van der Waals surface area contributed by atoms with Crippen molar-refractivity contribution in [1.82, 2.24) is 30.0 Å². The zero-order valence-corrected chi connectivity index (χ0v) is 14.4. The summed E-state index contributed by atoms with van der Waals surface area (Å²) in [7, 11) is 0. The Bertz CT molecular complexity index is 915. The van der Waals surface area contributed by atoms with Crippen molar-refractivity contribution in [2.45, 2.75) is 33.7 Å². The molecule has 0 fully saturated rings. The van der Waals surface area contributed by atoms with E-state index in [1.54, 1.807) is 6.92 Å². The molecule has 130 valence electrons. The second-order valence-corrected chi connectivity index (χ2v) is 5.96. The Labute approximate surface area is 143 Å². The molecule has 0 unspecified atom stereocenters. The van der Waals surface area contributed by atoms with Crippen LogP contribution in [-0.2, 0) is 0 Å². The van der Waals surface area contributed by atoms with Crippen LogP contribution in [0.4, 0.5) is 10.1 Å². The van der Waals surface area contributed by atoms with Crippen LogP contribution < -0.4 is 5.32 Å². The van der Waals surface area contributed by atoms with E-state index in [-0.39, 0.29) is 11.6 Å². The molecule has 0 spiro atoms. The van der Waals surface area contributed by atoms with Crippen molar-refractivity contribution in [2.24, 2.45) is 0 Å². The number of aromatic nitrogens is 6. The zero-order chi connectivity index (χ0) is 18.1. The van der Waals surface area contributed by atoms with Gasteiger partial charge in [0.2, 0.25) is 0 Å². The van der Waals surface area contributed by atoms with Crippen LogP contribution in [0.25, 0.3) is 5.69 Å². The topological polar surface area (TPSA) is 90.5 Å². The molecular formula is C16H18FN7O. The van der Waals surface area contributed by atoms with Crippen molar-refractivity contribution in [3.05, 3.63) is 47.3 Å². The molecule has 0 saturated carbocycles. The predicted molar refractivity (Wildman–Crippen MR) is 89.2 cm³/mol. The Morgan fingerprint density at radius 1 is 1.28 bits per heavy atom. The van der Waals surface area contributed by atoms with E-state index in [9.17, 15) is 9.18 Å². The summed E-state index contributed by atoms with van der Waals surface area (Å²) in [6.45, 7) is 7.67. The number of hydrogen-bond donors (Lipinski definition) is 1. The van der Waals surface area contributed by atoms with Crippen LogP contribution in [-0.4, -0.2) is 35.9 Å². The first kappa shape index (κ1) is 16.7. The molecule has 3 aromatic rings. The normalized spacial score (nSPS) is 11.1. The Morgan fingerprint density at radius 3 is 2.64 bits per heavy atom. The third-order valence-corrected chi connectivity index (χ3v) is 3.86. The number of carbonyl (C=O) groups is 1. The number of nitrogens with zero attached hydrogens (tertiary/aromatic N) is 6. The number of rotatable bonds is 4. The van der Waals surface area contributed by atoms with Gasteiger partial charge in [0.05, 0.1) is 28.3 Å². The van der Waals surface area contributed by atoms with Crippen LogP contribution in [0.2, 0.25) is 0 Å². The fourth-order valence-electron chi connectivity index (χ4n) is 2.64. The first-order chi connectivity index (χ1) is 11.9. The van der Waals surface area contributed by atoms with Gasteiger partial charge in [0.25, 0.3) is 5.91 Å². The highest BCUT2D eigenvalue weighted by Gasteiger charge is 2.19. The average Bonchev–Trinajstić information content (AvgIpc) is 3.19. The molecule has 0 aliphatic heterocycles. The second-order valence-electron chi connectivity index (χ2n) is 5.96. The van der Waals surface area contributed by atoms with E-state index in [1.165, 1.54) is 29.2 Å². The molecule has 2 aromatic heterocycles. The van der Waals surface area contributed by atoms with Gasteiger partial charge in [0.15, 0.2) is 0 Å². The van der Waals surface area contributed by atoms with Gasteiger partial charge in [-0.25, -0.2) is 9.07 Å². The van der Waals surface area contributed by atoms with Crippen LogP contribution in [0.3, 0.4) is 0 Å². The molecule has 1 amide bonds. The summed E-state index contributed by atoms with van der Waals surface area (Å²) in [5, 5.41) is 18.0. The Kier molecular flexibility index (Phi) is 4.30. The third kappa shape index (κ3) is 3.12. The van der Waals surface area contributed by atoms with Crippen LogP contribution in [0, 0.1) is 19.7 Å². The van der Waals surface area contributed by atoms with Crippen molar-refractivity contribution in [2.75, 3.05) is 5.32 Å². The molecule has 0 bridgehead atoms. The molecule has 1 N–H and O–H groups in total. The van der Waals surface area contributed by atoms with Crippen LogP contribution in [0.5, 0.6) is 0 Å². The molecular weight excluding hydrogens is 325 g/mol. The van der Waals surface area contributed by atoms with E-state index < -0.39 is 11.7 Å². The monoisotopic (exact) mass is 343 g/mol. The molecule has 1 aromatic carbocycles. The van der Waals surface area contributed by atoms with Crippen molar-refractivity contribution in [3.8, 4) is 5.69 Å². The molecule has 9 heteroatoms. The molecule has 0 saturated heterocycles. The van der Waals surface area contributed by atoms with Gasteiger partial charge >= 0.3 is 0 Å². The standard InChI is InChI=1S/C16H18FN7O/c1-9(2)24-11(4)15(10(3)20-24)19-16(25)13-7-12(5-6-14(13)17)23-8-18-21-22-23/h5-9H,1-4H3,(H,19,25). The van der Waals surface area contributed by atoms with Gasteiger partial charge in [0, 0.05) is 6.04 Å². The van der Waals surface area contributed by atoms with Crippen molar-refractivity contribution in [1.29, 1.82) is 0 Å². The molecule has 2 heterocycles. The summed E-state index contributed by atoms with van der Waals surface area (Å²) < 4.78 is 17.3. The SMILES string of the molecule is Cc1nn(C(C)C)c(C)c1NC(=O)c1cc(-n2cnnn2)ccc1F. The minimum atomic E-state index is -0.624. The number of carbonyl (C=O) groups excluding carboxylic acids is 1. The average molecular weight is 343 g/mol. The summed E-state index contributed by atoms with van der Waals surface area (Å²) in [5.74, 6) is -1.18. The quantitative estimate of drug-likeness (QED) is 0.786. The largest absolute Gasteiger partial charge is 0.319 e. The van der Waals surface area contributed by atoms with E-state index >= 15 is 0 Å². The number of anilines is 1. The minimum Gasteiger partial charge on any atom is -0.319 e. The van der Waals surface area contributed by atoms with Crippen LogP contribution >= 0.6 is 0 Å². The number of amides is 1. The lowest BCUT2D eigenvalue weighted by Gasteiger charge is -2.10. The molecule has 25 heavy (non-hydrogen) atoms. The number of aryl methyl sites for hydroxylation is 1. The van der Waals surface area contributed by atoms with Crippen LogP contribution in [0.15, 0.2) is 24.5 Å². The van der Waals surface area contributed by atoms with E-state index in [4.69, 9.17) is 0 Å². The van der Waals surface area contributed by atoms with Gasteiger partial charge in [0.1, 0.15) is 12.1 Å².